The minimum absolute atomic E-state index is 0.674. The van der Waals surface area contributed by atoms with Crippen molar-refractivity contribution in [2.45, 2.75) is 51.0 Å². The zero-order valence-electron chi connectivity index (χ0n) is 18.2. The van der Waals surface area contributed by atoms with E-state index in [2.05, 4.69) is 53.3 Å². The van der Waals surface area contributed by atoms with E-state index >= 15 is 0 Å². The van der Waals surface area contributed by atoms with Crippen LogP contribution in [0.25, 0.3) is 0 Å². The van der Waals surface area contributed by atoms with Crippen LogP contribution in [0.1, 0.15) is 42.6 Å². The Morgan fingerprint density at radius 2 is 1.47 bits per heavy atom. The Morgan fingerprint density at radius 3 is 1.88 bits per heavy atom. The highest BCUT2D eigenvalue weighted by molar-refractivity contribution is 5.73. The Hall–Kier alpha value is -3.09. The second-order valence-electron chi connectivity index (χ2n) is 7.17. The van der Waals surface area contributed by atoms with E-state index in [1.165, 1.54) is 29.8 Å². The predicted octanol–water partition coefficient (Wildman–Crippen LogP) is 4.23. The van der Waals surface area contributed by atoms with Gasteiger partial charge in [0.25, 0.3) is 0 Å². The molecule has 2 aromatic rings. The lowest BCUT2D eigenvalue weighted by molar-refractivity contribution is -0.193. The van der Waals surface area contributed by atoms with Gasteiger partial charge in [0, 0.05) is 24.6 Å². The number of halogens is 6. The standard InChI is InChI=1S/C17H23N3.2C2HF3O2/c1-2-20-17(15-8-10-18-11-9-15)13-16(19-20)12-14-6-4-3-5-7-14;2*3-2(4,5)1(6)7/h3-7,13,15,18H,2,8-12H2,1H3;2*(H,6,7). The lowest BCUT2D eigenvalue weighted by Crippen LogP contribution is -2.27. The third-order valence-electron chi connectivity index (χ3n) is 4.63. The lowest BCUT2D eigenvalue weighted by atomic mass is 9.94. The van der Waals surface area contributed by atoms with Gasteiger partial charge in [0.1, 0.15) is 0 Å². The normalized spacial score (nSPS) is 14.3. The Labute approximate surface area is 191 Å². The lowest BCUT2D eigenvalue weighted by Gasteiger charge is -2.23. The molecular formula is C21H25F6N3O4. The summed E-state index contributed by atoms with van der Waals surface area (Å²) in [5.41, 5.74) is 3.97. The van der Waals surface area contributed by atoms with E-state index in [1.807, 2.05) is 0 Å². The topological polar surface area (TPSA) is 104 Å². The molecule has 7 nitrogen and oxygen atoms in total. The van der Waals surface area contributed by atoms with Crippen LogP contribution in [-0.2, 0) is 22.6 Å². The first-order chi connectivity index (χ1) is 15.8. The number of hydrogen-bond acceptors (Lipinski definition) is 4. The number of nitrogens with zero attached hydrogens (tertiary/aromatic N) is 2. The maximum Gasteiger partial charge on any atom is 0.490 e. The fraction of sp³-hybridized carbons (Fsp3) is 0.476. The summed E-state index contributed by atoms with van der Waals surface area (Å²) in [4.78, 5) is 17.8. The van der Waals surface area contributed by atoms with E-state index < -0.39 is 24.3 Å². The van der Waals surface area contributed by atoms with Gasteiger partial charge in [0.05, 0.1) is 5.69 Å². The van der Waals surface area contributed by atoms with Crippen molar-refractivity contribution in [1.29, 1.82) is 0 Å². The second-order valence-corrected chi connectivity index (χ2v) is 7.17. The van der Waals surface area contributed by atoms with Crippen LogP contribution in [0.4, 0.5) is 26.3 Å². The van der Waals surface area contributed by atoms with Crippen molar-refractivity contribution in [3.63, 3.8) is 0 Å². The molecule has 1 aromatic carbocycles. The van der Waals surface area contributed by atoms with Gasteiger partial charge >= 0.3 is 24.3 Å². The highest BCUT2D eigenvalue weighted by atomic mass is 19.4. The van der Waals surface area contributed by atoms with Gasteiger partial charge in [-0.15, -0.1) is 0 Å². The minimum Gasteiger partial charge on any atom is -0.475 e. The quantitative estimate of drug-likeness (QED) is 0.547. The summed E-state index contributed by atoms with van der Waals surface area (Å²) >= 11 is 0. The van der Waals surface area contributed by atoms with Crippen LogP contribution in [-0.4, -0.2) is 57.4 Å². The number of carbonyl (C=O) groups is 2. The molecule has 0 unspecified atom stereocenters. The van der Waals surface area contributed by atoms with E-state index in [9.17, 15) is 26.3 Å². The zero-order chi connectivity index (χ0) is 25.9. The molecule has 1 aromatic heterocycles. The van der Waals surface area contributed by atoms with Gasteiger partial charge < -0.3 is 15.5 Å². The fourth-order valence-electron chi connectivity index (χ4n) is 3.08. The van der Waals surface area contributed by atoms with Crippen LogP contribution in [0.5, 0.6) is 0 Å². The number of nitrogens with one attached hydrogen (secondary N) is 1. The van der Waals surface area contributed by atoms with Crippen LogP contribution >= 0.6 is 0 Å². The van der Waals surface area contributed by atoms with Crippen molar-refractivity contribution >= 4 is 11.9 Å². The van der Waals surface area contributed by atoms with Gasteiger partial charge in [-0.2, -0.15) is 31.4 Å². The number of carboxylic acids is 2. The largest absolute Gasteiger partial charge is 0.490 e. The zero-order valence-corrected chi connectivity index (χ0v) is 18.2. The van der Waals surface area contributed by atoms with Crippen LogP contribution in [0.15, 0.2) is 36.4 Å². The van der Waals surface area contributed by atoms with Gasteiger partial charge in [0.2, 0.25) is 0 Å². The van der Waals surface area contributed by atoms with E-state index in [0.717, 1.165) is 26.1 Å². The maximum absolute atomic E-state index is 10.6. The monoisotopic (exact) mass is 497 g/mol. The van der Waals surface area contributed by atoms with Crippen molar-refractivity contribution in [3.05, 3.63) is 53.3 Å². The van der Waals surface area contributed by atoms with Gasteiger partial charge in [-0.1, -0.05) is 30.3 Å². The average Bonchev–Trinajstić information content (AvgIpc) is 3.17. The van der Waals surface area contributed by atoms with Crippen molar-refractivity contribution in [2.24, 2.45) is 0 Å². The fourth-order valence-corrected chi connectivity index (χ4v) is 3.08. The van der Waals surface area contributed by atoms with E-state index in [1.54, 1.807) is 0 Å². The molecule has 3 N–H and O–H groups in total. The smallest absolute Gasteiger partial charge is 0.475 e. The molecule has 0 bridgehead atoms. The highest BCUT2D eigenvalue weighted by Gasteiger charge is 2.38. The molecule has 0 aliphatic carbocycles. The third kappa shape index (κ3) is 10.2. The Kier molecular flexibility index (Phi) is 11.0. The molecule has 190 valence electrons. The minimum atomic E-state index is -5.08. The van der Waals surface area contributed by atoms with Crippen molar-refractivity contribution < 1.29 is 46.1 Å². The molecule has 1 saturated heterocycles. The molecule has 1 fully saturated rings. The maximum atomic E-state index is 10.6. The van der Waals surface area contributed by atoms with E-state index in [0.29, 0.717) is 5.92 Å². The molecule has 1 aliphatic heterocycles. The second kappa shape index (κ2) is 13.0. The predicted molar refractivity (Wildman–Crippen MR) is 109 cm³/mol. The number of alkyl halides is 6. The number of piperidine rings is 1. The molecule has 1 aliphatic rings. The molecule has 34 heavy (non-hydrogen) atoms. The number of aliphatic carboxylic acids is 2. The molecule has 3 rings (SSSR count). The summed E-state index contributed by atoms with van der Waals surface area (Å²) in [5.74, 6) is -4.84. The molecular weight excluding hydrogens is 472 g/mol. The summed E-state index contributed by atoms with van der Waals surface area (Å²) < 4.78 is 65.7. The molecule has 0 saturated carbocycles. The summed E-state index contributed by atoms with van der Waals surface area (Å²) in [6.45, 7) is 5.42. The van der Waals surface area contributed by atoms with Gasteiger partial charge in [-0.25, -0.2) is 9.59 Å². The SMILES string of the molecule is CCn1nc(Cc2ccccc2)cc1C1CCNCC1.O=C(O)C(F)(F)F.O=C(O)C(F)(F)F. The van der Waals surface area contributed by atoms with Crippen molar-refractivity contribution in [1.82, 2.24) is 15.1 Å². The summed E-state index contributed by atoms with van der Waals surface area (Å²) in [5, 5.41) is 22.5. The van der Waals surface area contributed by atoms with Crippen LogP contribution in [0.3, 0.4) is 0 Å². The average molecular weight is 497 g/mol. The molecule has 2 heterocycles. The van der Waals surface area contributed by atoms with Crippen LogP contribution in [0, 0.1) is 0 Å². The Balaban J connectivity index is 0.000000343. The van der Waals surface area contributed by atoms with Crippen LogP contribution < -0.4 is 5.32 Å². The van der Waals surface area contributed by atoms with Crippen molar-refractivity contribution in [2.75, 3.05) is 13.1 Å². The Bertz CT molecular complexity index is 883. The van der Waals surface area contributed by atoms with E-state index in [-0.39, 0.29) is 0 Å². The Morgan fingerprint density at radius 1 is 1.00 bits per heavy atom. The van der Waals surface area contributed by atoms with Crippen LogP contribution in [0.2, 0.25) is 0 Å². The molecule has 0 spiro atoms. The number of rotatable bonds is 4. The van der Waals surface area contributed by atoms with Crippen molar-refractivity contribution in [3.8, 4) is 0 Å². The van der Waals surface area contributed by atoms with Gasteiger partial charge in [-0.3, -0.25) is 4.68 Å². The van der Waals surface area contributed by atoms with Gasteiger partial charge in [0.15, 0.2) is 0 Å². The molecule has 0 amide bonds. The summed E-state index contributed by atoms with van der Waals surface area (Å²) in [6.07, 6.45) is -6.77. The summed E-state index contributed by atoms with van der Waals surface area (Å²) in [7, 11) is 0. The molecule has 0 atom stereocenters. The first-order valence-corrected chi connectivity index (χ1v) is 10.2. The number of aryl methyl sites for hydroxylation is 1. The van der Waals surface area contributed by atoms with E-state index in [4.69, 9.17) is 24.9 Å². The molecule has 0 radical (unpaired) electrons. The number of aromatic nitrogens is 2. The highest BCUT2D eigenvalue weighted by Crippen LogP contribution is 2.26. The third-order valence-corrected chi connectivity index (χ3v) is 4.63. The number of hydrogen-bond donors (Lipinski definition) is 3. The molecule has 13 heteroatoms. The number of benzene rings is 1. The number of carboxylic acid groups (broad SMARTS) is 2. The first-order valence-electron chi connectivity index (χ1n) is 10.2. The van der Waals surface area contributed by atoms with Gasteiger partial charge in [-0.05, 0) is 44.5 Å². The first kappa shape index (κ1) is 28.9. The summed E-state index contributed by atoms with van der Waals surface area (Å²) in [6, 6.07) is 12.9.